The first kappa shape index (κ1) is 7.79. The second-order valence-electron chi connectivity index (χ2n) is 2.80. The van der Waals surface area contributed by atoms with Gasteiger partial charge in [-0.05, 0) is 18.2 Å². The van der Waals surface area contributed by atoms with Crippen molar-refractivity contribution in [3.05, 3.63) is 30.1 Å². The van der Waals surface area contributed by atoms with E-state index in [0.717, 1.165) is 5.39 Å². The van der Waals surface area contributed by atoms with Gasteiger partial charge in [0.1, 0.15) is 11.6 Å². The van der Waals surface area contributed by atoms with E-state index in [0.29, 0.717) is 11.3 Å². The van der Waals surface area contributed by atoms with Crippen molar-refractivity contribution in [1.29, 1.82) is 0 Å². The summed E-state index contributed by atoms with van der Waals surface area (Å²) in [5.74, 6) is -0.0951. The number of hydrogen-bond donors (Lipinski definition) is 2. The zero-order valence-corrected chi connectivity index (χ0v) is 6.79. The largest absolute Gasteiger partial charge is 0.396 e. The van der Waals surface area contributed by atoms with Gasteiger partial charge in [0, 0.05) is 11.5 Å². The molecule has 0 atom stereocenters. The lowest BCUT2D eigenvalue weighted by Gasteiger charge is -2.01. The first-order valence-electron chi connectivity index (χ1n) is 3.78. The molecule has 13 heavy (non-hydrogen) atoms. The summed E-state index contributed by atoms with van der Waals surface area (Å²) in [4.78, 5) is 3.96. The minimum atomic E-state index is -0.467. The van der Waals surface area contributed by atoms with Gasteiger partial charge in [0.15, 0.2) is 0 Å². The van der Waals surface area contributed by atoms with Crippen molar-refractivity contribution < 1.29 is 4.39 Å². The van der Waals surface area contributed by atoms with Gasteiger partial charge in [0.05, 0.1) is 11.2 Å². The normalized spacial score (nSPS) is 10.5. The number of hydrogen-bond acceptors (Lipinski definition) is 3. The van der Waals surface area contributed by atoms with Gasteiger partial charge in [-0.25, -0.2) is 9.37 Å². The van der Waals surface area contributed by atoms with E-state index in [1.165, 1.54) is 12.1 Å². The Morgan fingerprint density at radius 2 is 1.92 bits per heavy atom. The van der Waals surface area contributed by atoms with Crippen molar-refractivity contribution in [1.82, 2.24) is 4.98 Å². The van der Waals surface area contributed by atoms with Gasteiger partial charge in [-0.15, -0.1) is 0 Å². The minimum absolute atomic E-state index is 0.124. The fraction of sp³-hybridized carbons (Fsp3) is 0. The highest BCUT2D eigenvalue weighted by Crippen LogP contribution is 2.19. The number of nitrogens with zero attached hydrogens (tertiary/aromatic N) is 1. The van der Waals surface area contributed by atoms with E-state index >= 15 is 0 Å². The molecule has 0 bridgehead atoms. The predicted molar refractivity (Wildman–Crippen MR) is 50.5 cm³/mol. The highest BCUT2D eigenvalue weighted by atomic mass is 19.1. The molecule has 1 aromatic heterocycles. The summed E-state index contributed by atoms with van der Waals surface area (Å²) in [6, 6.07) is 6.23. The molecule has 0 amide bonds. The highest BCUT2D eigenvalue weighted by molar-refractivity contribution is 5.83. The lowest BCUT2D eigenvalue weighted by Crippen LogP contribution is -1.93. The van der Waals surface area contributed by atoms with Gasteiger partial charge < -0.3 is 11.5 Å². The summed E-state index contributed by atoms with van der Waals surface area (Å²) >= 11 is 0. The number of pyridine rings is 1. The number of halogens is 1. The van der Waals surface area contributed by atoms with E-state index in [1.807, 2.05) is 0 Å². The second-order valence-corrected chi connectivity index (χ2v) is 2.80. The average Bonchev–Trinajstić information content (AvgIpc) is 2.08. The minimum Gasteiger partial charge on any atom is -0.396 e. The van der Waals surface area contributed by atoms with Crippen LogP contribution in [-0.2, 0) is 0 Å². The smallest absolute Gasteiger partial charge is 0.148 e. The SMILES string of the molecule is Nc1ccc2cc(N)c(F)cc2n1. The maximum Gasteiger partial charge on any atom is 0.148 e. The van der Waals surface area contributed by atoms with Crippen molar-refractivity contribution in [3.8, 4) is 0 Å². The van der Waals surface area contributed by atoms with Crippen LogP contribution in [0.15, 0.2) is 24.3 Å². The fourth-order valence-electron chi connectivity index (χ4n) is 1.18. The Morgan fingerprint density at radius 3 is 2.69 bits per heavy atom. The molecule has 0 saturated heterocycles. The number of fused-ring (bicyclic) bond motifs is 1. The monoisotopic (exact) mass is 177 g/mol. The third kappa shape index (κ3) is 1.26. The van der Waals surface area contributed by atoms with Gasteiger partial charge in [-0.3, -0.25) is 0 Å². The zero-order valence-electron chi connectivity index (χ0n) is 6.79. The molecule has 0 fully saturated rings. The molecule has 3 nitrogen and oxygen atoms in total. The topological polar surface area (TPSA) is 64.9 Å². The quantitative estimate of drug-likeness (QED) is 0.600. The molecule has 1 aromatic carbocycles. The van der Waals surface area contributed by atoms with Gasteiger partial charge in [-0.2, -0.15) is 0 Å². The van der Waals surface area contributed by atoms with Crippen molar-refractivity contribution >= 4 is 22.4 Å². The Bertz CT molecular complexity index is 468. The van der Waals surface area contributed by atoms with E-state index in [2.05, 4.69) is 4.98 Å². The molecule has 0 aliphatic carbocycles. The maximum absolute atomic E-state index is 13.0. The summed E-state index contributed by atoms with van der Waals surface area (Å²) in [7, 11) is 0. The lowest BCUT2D eigenvalue weighted by atomic mass is 10.2. The first-order chi connectivity index (χ1) is 6.16. The van der Waals surface area contributed by atoms with Crippen LogP contribution in [0.4, 0.5) is 15.9 Å². The van der Waals surface area contributed by atoms with Gasteiger partial charge in [-0.1, -0.05) is 0 Å². The molecule has 2 aromatic rings. The van der Waals surface area contributed by atoms with Crippen molar-refractivity contribution in [2.24, 2.45) is 0 Å². The second kappa shape index (κ2) is 2.58. The molecule has 66 valence electrons. The molecule has 1 heterocycles. The molecule has 0 saturated carbocycles. The summed E-state index contributed by atoms with van der Waals surface area (Å²) in [6.07, 6.45) is 0. The molecule has 0 radical (unpaired) electrons. The van der Waals surface area contributed by atoms with Crippen LogP contribution in [0, 0.1) is 5.82 Å². The average molecular weight is 177 g/mol. The Hall–Kier alpha value is -1.84. The molecule has 0 aliphatic heterocycles. The van der Waals surface area contributed by atoms with Crippen LogP contribution < -0.4 is 11.5 Å². The number of anilines is 2. The summed E-state index contributed by atoms with van der Waals surface area (Å²) < 4.78 is 13.0. The van der Waals surface area contributed by atoms with Crippen LogP contribution in [0.5, 0.6) is 0 Å². The number of rotatable bonds is 0. The van der Waals surface area contributed by atoms with Crippen LogP contribution in [0.25, 0.3) is 10.9 Å². The standard InChI is InChI=1S/C9H8FN3/c10-6-4-8-5(3-7(6)11)1-2-9(12)13-8/h1-4H,11H2,(H2,12,13). The van der Waals surface area contributed by atoms with Crippen LogP contribution in [0.2, 0.25) is 0 Å². The molecular formula is C9H8FN3. The zero-order chi connectivity index (χ0) is 9.42. The Kier molecular flexibility index (Phi) is 1.55. The van der Waals surface area contributed by atoms with Crippen molar-refractivity contribution in [2.45, 2.75) is 0 Å². The molecule has 0 unspecified atom stereocenters. The highest BCUT2D eigenvalue weighted by Gasteiger charge is 2.01. The first-order valence-corrected chi connectivity index (χ1v) is 3.78. The Labute approximate surface area is 74.2 Å². The number of aromatic nitrogens is 1. The van der Waals surface area contributed by atoms with E-state index in [9.17, 15) is 4.39 Å². The molecular weight excluding hydrogens is 169 g/mol. The van der Waals surface area contributed by atoms with Gasteiger partial charge in [0.25, 0.3) is 0 Å². The fourth-order valence-corrected chi connectivity index (χ4v) is 1.18. The van der Waals surface area contributed by atoms with Crippen molar-refractivity contribution in [3.63, 3.8) is 0 Å². The summed E-state index contributed by atoms with van der Waals surface area (Å²) in [5, 5.41) is 0.785. The van der Waals surface area contributed by atoms with Crippen LogP contribution in [0.1, 0.15) is 0 Å². The summed E-state index contributed by atoms with van der Waals surface area (Å²) in [6.45, 7) is 0. The number of nitrogen functional groups attached to an aromatic ring is 2. The third-order valence-corrected chi connectivity index (χ3v) is 1.83. The lowest BCUT2D eigenvalue weighted by molar-refractivity contribution is 0.634. The van der Waals surface area contributed by atoms with E-state index in [4.69, 9.17) is 11.5 Å². The molecule has 0 aliphatic rings. The number of benzene rings is 1. The third-order valence-electron chi connectivity index (χ3n) is 1.83. The van der Waals surface area contributed by atoms with Crippen LogP contribution in [0.3, 0.4) is 0 Å². The van der Waals surface area contributed by atoms with E-state index < -0.39 is 5.82 Å². The van der Waals surface area contributed by atoms with Crippen LogP contribution in [-0.4, -0.2) is 4.98 Å². The molecule has 0 spiro atoms. The molecule has 2 rings (SSSR count). The predicted octanol–water partition coefficient (Wildman–Crippen LogP) is 1.54. The Morgan fingerprint density at radius 1 is 1.15 bits per heavy atom. The molecule has 4 N–H and O–H groups in total. The van der Waals surface area contributed by atoms with Gasteiger partial charge in [0.2, 0.25) is 0 Å². The van der Waals surface area contributed by atoms with Crippen LogP contribution >= 0.6 is 0 Å². The van der Waals surface area contributed by atoms with E-state index in [-0.39, 0.29) is 5.69 Å². The van der Waals surface area contributed by atoms with E-state index in [1.54, 1.807) is 12.1 Å². The molecule has 4 heteroatoms. The number of nitrogens with two attached hydrogens (primary N) is 2. The maximum atomic E-state index is 13.0. The van der Waals surface area contributed by atoms with Crippen molar-refractivity contribution in [2.75, 3.05) is 11.5 Å². The van der Waals surface area contributed by atoms with Gasteiger partial charge >= 0.3 is 0 Å². The summed E-state index contributed by atoms with van der Waals surface area (Å²) in [5.41, 5.74) is 11.5. The Balaban J connectivity index is 2.81.